The number of morpholine rings is 1. The van der Waals surface area contributed by atoms with Crippen molar-refractivity contribution in [2.75, 3.05) is 25.1 Å². The Hall–Kier alpha value is -3.00. The Morgan fingerprint density at radius 1 is 1.20 bits per heavy atom. The Bertz CT molecular complexity index is 1210. The van der Waals surface area contributed by atoms with Crippen LogP contribution in [0.1, 0.15) is 5.56 Å². The monoisotopic (exact) mass is 421 g/mol. The highest BCUT2D eigenvalue weighted by Gasteiger charge is 2.30. The third-order valence-electron chi connectivity index (χ3n) is 5.41. The van der Waals surface area contributed by atoms with Gasteiger partial charge in [-0.2, -0.15) is 0 Å². The van der Waals surface area contributed by atoms with Crippen LogP contribution in [0.2, 0.25) is 5.02 Å². The minimum atomic E-state index is -0.396. The van der Waals surface area contributed by atoms with Gasteiger partial charge >= 0.3 is 0 Å². The summed E-state index contributed by atoms with van der Waals surface area (Å²) in [6.45, 7) is 2.29. The second-order valence-corrected chi connectivity index (χ2v) is 7.76. The standard InChI is InChI=1S/C22H20ClN5O2/c23-15-9-17-16-3-6-25-11-19(16)26-21(17)18(10-15)27-22(29)20-13-30-8-7-28(20)12-14-1-4-24-5-2-14/h1-6,9-11,20,26H,7-8,12-13H2,(H,27,29)/t20-/m0/s1. The van der Waals surface area contributed by atoms with Crippen LogP contribution >= 0.6 is 11.6 Å². The molecule has 4 heterocycles. The van der Waals surface area contributed by atoms with Gasteiger partial charge in [-0.25, -0.2) is 0 Å². The fourth-order valence-electron chi connectivity index (χ4n) is 3.92. The first-order chi connectivity index (χ1) is 14.7. The molecule has 1 fully saturated rings. The Labute approximate surface area is 178 Å². The number of carbonyl (C=O) groups excluding carboxylic acids is 1. The average molecular weight is 422 g/mol. The minimum Gasteiger partial charge on any atom is -0.378 e. The molecule has 152 valence electrons. The third-order valence-corrected chi connectivity index (χ3v) is 5.63. The van der Waals surface area contributed by atoms with E-state index in [0.29, 0.717) is 37.0 Å². The van der Waals surface area contributed by atoms with Crippen LogP contribution in [-0.4, -0.2) is 51.6 Å². The SMILES string of the molecule is O=C(Nc1cc(Cl)cc2c1[nH]c1cnccc12)[C@@H]1COCCN1Cc1ccncc1. The predicted molar refractivity (Wildman–Crippen MR) is 116 cm³/mol. The van der Waals surface area contributed by atoms with Gasteiger partial charge in [0.05, 0.1) is 36.1 Å². The van der Waals surface area contributed by atoms with E-state index in [4.69, 9.17) is 16.3 Å². The number of fused-ring (bicyclic) bond motifs is 3. The molecule has 1 aliphatic heterocycles. The van der Waals surface area contributed by atoms with E-state index in [9.17, 15) is 4.79 Å². The highest BCUT2D eigenvalue weighted by Crippen LogP contribution is 2.33. The lowest BCUT2D eigenvalue weighted by Gasteiger charge is -2.34. The first kappa shape index (κ1) is 19.0. The zero-order valence-corrected chi connectivity index (χ0v) is 16.9. The predicted octanol–water partition coefficient (Wildman–Crippen LogP) is 3.60. The van der Waals surface area contributed by atoms with E-state index in [1.807, 2.05) is 24.3 Å². The summed E-state index contributed by atoms with van der Waals surface area (Å²) in [7, 11) is 0. The van der Waals surface area contributed by atoms with E-state index >= 15 is 0 Å². The van der Waals surface area contributed by atoms with Crippen LogP contribution in [0.4, 0.5) is 5.69 Å². The number of hydrogen-bond donors (Lipinski definition) is 2. The van der Waals surface area contributed by atoms with Crippen molar-refractivity contribution in [3.05, 3.63) is 65.7 Å². The number of anilines is 1. The van der Waals surface area contributed by atoms with Crippen molar-refractivity contribution < 1.29 is 9.53 Å². The zero-order valence-electron chi connectivity index (χ0n) is 16.1. The number of carbonyl (C=O) groups is 1. The van der Waals surface area contributed by atoms with Crippen LogP contribution in [0.3, 0.4) is 0 Å². The van der Waals surface area contributed by atoms with Gasteiger partial charge in [0.15, 0.2) is 0 Å². The summed E-state index contributed by atoms with van der Waals surface area (Å²) in [4.78, 5) is 26.9. The van der Waals surface area contributed by atoms with Crippen molar-refractivity contribution in [3.63, 3.8) is 0 Å². The van der Waals surface area contributed by atoms with Crippen molar-refractivity contribution in [1.82, 2.24) is 19.9 Å². The minimum absolute atomic E-state index is 0.121. The normalized spacial score (nSPS) is 17.4. The summed E-state index contributed by atoms with van der Waals surface area (Å²) in [5.74, 6) is -0.121. The van der Waals surface area contributed by atoms with E-state index in [1.165, 1.54) is 0 Å². The number of benzene rings is 1. The molecule has 3 aromatic heterocycles. The number of amides is 1. The number of aromatic nitrogens is 3. The van der Waals surface area contributed by atoms with Gasteiger partial charge in [-0.15, -0.1) is 0 Å². The number of halogens is 1. The van der Waals surface area contributed by atoms with Crippen LogP contribution in [0.15, 0.2) is 55.1 Å². The molecule has 1 atom stereocenters. The maximum atomic E-state index is 13.2. The molecule has 0 bridgehead atoms. The van der Waals surface area contributed by atoms with Crippen LogP contribution in [0, 0.1) is 0 Å². The molecule has 7 nitrogen and oxygen atoms in total. The second-order valence-electron chi connectivity index (χ2n) is 7.33. The van der Waals surface area contributed by atoms with Crippen LogP contribution < -0.4 is 5.32 Å². The first-order valence-electron chi connectivity index (χ1n) is 9.75. The number of aromatic amines is 1. The summed E-state index contributed by atoms with van der Waals surface area (Å²) in [6.07, 6.45) is 7.03. The molecule has 30 heavy (non-hydrogen) atoms. The number of hydrogen-bond acceptors (Lipinski definition) is 5. The van der Waals surface area contributed by atoms with E-state index in [1.54, 1.807) is 30.9 Å². The van der Waals surface area contributed by atoms with Crippen LogP contribution in [-0.2, 0) is 16.1 Å². The fraction of sp³-hybridized carbons (Fsp3) is 0.227. The Kier molecular flexibility index (Phi) is 5.08. The fourth-order valence-corrected chi connectivity index (χ4v) is 4.14. The smallest absolute Gasteiger partial charge is 0.244 e. The molecule has 4 aromatic rings. The summed E-state index contributed by atoms with van der Waals surface area (Å²) in [5.41, 5.74) is 3.48. The molecule has 1 amide bonds. The maximum absolute atomic E-state index is 13.2. The molecular formula is C22H20ClN5O2. The summed E-state index contributed by atoms with van der Waals surface area (Å²) >= 11 is 6.36. The largest absolute Gasteiger partial charge is 0.378 e. The first-order valence-corrected chi connectivity index (χ1v) is 10.1. The quantitative estimate of drug-likeness (QED) is 0.526. The average Bonchev–Trinajstić information content (AvgIpc) is 3.14. The van der Waals surface area contributed by atoms with Crippen molar-refractivity contribution in [2.45, 2.75) is 12.6 Å². The summed E-state index contributed by atoms with van der Waals surface area (Å²) in [5, 5.41) is 5.58. The Balaban J connectivity index is 1.44. The lowest BCUT2D eigenvalue weighted by atomic mass is 10.1. The topological polar surface area (TPSA) is 83.1 Å². The zero-order chi connectivity index (χ0) is 20.5. The van der Waals surface area contributed by atoms with Crippen molar-refractivity contribution in [1.29, 1.82) is 0 Å². The molecule has 0 spiro atoms. The number of ether oxygens (including phenoxy) is 1. The molecule has 8 heteroatoms. The molecule has 0 radical (unpaired) electrons. The van der Waals surface area contributed by atoms with Gasteiger partial charge in [-0.1, -0.05) is 11.6 Å². The van der Waals surface area contributed by atoms with E-state index in [0.717, 1.165) is 27.4 Å². The summed E-state index contributed by atoms with van der Waals surface area (Å²) < 4.78 is 5.61. The highest BCUT2D eigenvalue weighted by molar-refractivity contribution is 6.33. The third kappa shape index (κ3) is 3.63. The van der Waals surface area contributed by atoms with Crippen molar-refractivity contribution >= 4 is 45.0 Å². The molecular weight excluding hydrogens is 402 g/mol. The van der Waals surface area contributed by atoms with Crippen molar-refractivity contribution in [3.8, 4) is 0 Å². The van der Waals surface area contributed by atoms with E-state index in [2.05, 4.69) is 25.2 Å². The van der Waals surface area contributed by atoms with Gasteiger partial charge < -0.3 is 15.0 Å². The van der Waals surface area contributed by atoms with Gasteiger partial charge in [-0.3, -0.25) is 19.7 Å². The van der Waals surface area contributed by atoms with Crippen molar-refractivity contribution in [2.24, 2.45) is 0 Å². The highest BCUT2D eigenvalue weighted by atomic mass is 35.5. The van der Waals surface area contributed by atoms with Gasteiger partial charge in [0.2, 0.25) is 5.91 Å². The molecule has 2 N–H and O–H groups in total. The Morgan fingerprint density at radius 3 is 2.90 bits per heavy atom. The lowest BCUT2D eigenvalue weighted by molar-refractivity contribution is -0.127. The summed E-state index contributed by atoms with van der Waals surface area (Å²) in [6, 6.07) is 9.12. The van der Waals surface area contributed by atoms with Crippen LogP contribution in [0.25, 0.3) is 21.8 Å². The van der Waals surface area contributed by atoms with Gasteiger partial charge in [0, 0.05) is 47.5 Å². The van der Waals surface area contributed by atoms with Crippen LogP contribution in [0.5, 0.6) is 0 Å². The molecule has 1 aliphatic rings. The number of H-pyrrole nitrogens is 1. The van der Waals surface area contributed by atoms with Gasteiger partial charge in [0.1, 0.15) is 6.04 Å². The number of nitrogens with one attached hydrogen (secondary N) is 2. The molecule has 0 aliphatic carbocycles. The molecule has 5 rings (SSSR count). The van der Waals surface area contributed by atoms with E-state index < -0.39 is 6.04 Å². The number of nitrogens with zero attached hydrogens (tertiary/aromatic N) is 3. The molecule has 1 aromatic carbocycles. The second kappa shape index (κ2) is 8.02. The van der Waals surface area contributed by atoms with E-state index in [-0.39, 0.29) is 5.91 Å². The number of rotatable bonds is 4. The Morgan fingerprint density at radius 2 is 2.03 bits per heavy atom. The lowest BCUT2D eigenvalue weighted by Crippen LogP contribution is -2.51. The number of pyridine rings is 2. The molecule has 0 unspecified atom stereocenters. The van der Waals surface area contributed by atoms with Gasteiger partial charge in [-0.05, 0) is 35.9 Å². The maximum Gasteiger partial charge on any atom is 0.244 e. The molecule has 0 saturated carbocycles. The van der Waals surface area contributed by atoms with Gasteiger partial charge in [0.25, 0.3) is 0 Å². The molecule has 1 saturated heterocycles.